The van der Waals surface area contributed by atoms with Gasteiger partial charge in [0.15, 0.2) is 5.17 Å². The van der Waals surface area contributed by atoms with Crippen LogP contribution in [-0.2, 0) is 5.41 Å². The normalized spacial score (nSPS) is 17.6. The second-order valence-electron chi connectivity index (χ2n) is 12.4. The number of hydrazone groups is 1. The molecule has 1 aliphatic heterocycles. The summed E-state index contributed by atoms with van der Waals surface area (Å²) in [7, 11) is 0. The van der Waals surface area contributed by atoms with Gasteiger partial charge in [-0.15, -0.1) is 0 Å². The number of benzene rings is 2. The van der Waals surface area contributed by atoms with Crippen LogP contribution in [0.15, 0.2) is 63.6 Å². The van der Waals surface area contributed by atoms with Crippen molar-refractivity contribution in [3.05, 3.63) is 59.7 Å². The van der Waals surface area contributed by atoms with Crippen molar-refractivity contribution < 1.29 is 5.11 Å². The molecule has 7 nitrogen and oxygen atoms in total. The van der Waals surface area contributed by atoms with E-state index in [-0.39, 0.29) is 32.5 Å². The van der Waals surface area contributed by atoms with Gasteiger partial charge < -0.3 is 10.8 Å². The number of amidine groups is 1. The maximum absolute atomic E-state index is 10.7. The zero-order chi connectivity index (χ0) is 28.5. The van der Waals surface area contributed by atoms with Crippen molar-refractivity contribution in [2.24, 2.45) is 31.6 Å². The minimum Gasteiger partial charge on any atom is -0.508 e. The van der Waals surface area contributed by atoms with Gasteiger partial charge in [-0.1, -0.05) is 104 Å². The van der Waals surface area contributed by atoms with Crippen LogP contribution in [0.1, 0.15) is 78.8 Å². The van der Waals surface area contributed by atoms with E-state index < -0.39 is 0 Å². The third-order valence-electron chi connectivity index (χ3n) is 5.75. The summed E-state index contributed by atoms with van der Waals surface area (Å²) in [6.07, 6.45) is 0. The monoisotopic (exact) mass is 552 g/mol. The van der Waals surface area contributed by atoms with Crippen LogP contribution < -0.4 is 5.73 Å². The molecule has 1 atom stereocenters. The van der Waals surface area contributed by atoms with E-state index in [4.69, 9.17) is 26.2 Å². The molecule has 0 spiro atoms. The number of phenolic OH excluding ortho intramolecular Hbond substituents is 1. The lowest BCUT2D eigenvalue weighted by Crippen LogP contribution is -2.28. The van der Waals surface area contributed by atoms with Gasteiger partial charge in [0.05, 0.1) is 10.7 Å². The zero-order valence-electron chi connectivity index (χ0n) is 23.8. The number of aromatic hydroxyl groups is 1. The third kappa shape index (κ3) is 7.41. The van der Waals surface area contributed by atoms with E-state index in [2.05, 4.69) is 53.7 Å². The van der Waals surface area contributed by atoms with Crippen molar-refractivity contribution in [3.8, 4) is 5.75 Å². The largest absolute Gasteiger partial charge is 0.508 e. The lowest BCUT2D eigenvalue weighted by atomic mass is 9.87. The van der Waals surface area contributed by atoms with E-state index in [1.54, 1.807) is 28.9 Å². The second kappa shape index (κ2) is 11.1. The molecule has 38 heavy (non-hydrogen) atoms. The number of rotatable bonds is 2. The summed E-state index contributed by atoms with van der Waals surface area (Å²) in [6.45, 7) is 18.7. The summed E-state index contributed by atoms with van der Waals surface area (Å²) in [6, 6.07) is 15.3. The first kappa shape index (κ1) is 29.8. The third-order valence-corrected chi connectivity index (χ3v) is 8.46. The molecule has 204 valence electrons. The van der Waals surface area contributed by atoms with Gasteiger partial charge in [-0.2, -0.15) is 10.1 Å². The Morgan fingerprint density at radius 3 is 2.11 bits per heavy atom. The highest BCUT2D eigenvalue weighted by Gasteiger charge is 2.38. The van der Waals surface area contributed by atoms with Gasteiger partial charge in [0.2, 0.25) is 0 Å². The maximum Gasteiger partial charge on any atom is 0.250 e. The fraction of sp³-hybridized carbons (Fsp3) is 0.448. The molecule has 0 amide bonds. The predicted octanol–water partition coefficient (Wildman–Crippen LogP) is 7.86. The topological polar surface area (TPSA) is 110 Å². The van der Waals surface area contributed by atoms with Gasteiger partial charge in [0.25, 0.3) is 5.96 Å². The van der Waals surface area contributed by atoms with Crippen molar-refractivity contribution in [1.82, 2.24) is 5.01 Å². The Hall–Kier alpha value is -2.78. The summed E-state index contributed by atoms with van der Waals surface area (Å²) in [4.78, 5) is 9.58. The number of guanidine groups is 1. The Balaban J connectivity index is 2.15. The SMILES string of the molecule is CC(C)(C)C(=N)S/C(N)=N/C(=Nc1ccc(C(C)(C)C)cc1)N1N=C(C(C)(C)C)SC1c1ccccc1O. The van der Waals surface area contributed by atoms with E-state index in [0.29, 0.717) is 22.3 Å². The Labute approximate surface area is 235 Å². The molecule has 9 heteroatoms. The Bertz CT molecular complexity index is 1260. The minimum atomic E-state index is -0.387. The minimum absolute atomic E-state index is 0.0189. The molecule has 0 bridgehead atoms. The molecule has 0 aliphatic carbocycles. The average Bonchev–Trinajstić information content (AvgIpc) is 3.24. The van der Waals surface area contributed by atoms with Crippen LogP contribution >= 0.6 is 23.5 Å². The molecule has 1 aliphatic rings. The highest BCUT2D eigenvalue weighted by molar-refractivity contribution is 8.26. The number of phenols is 1. The number of thioether (sulfide) groups is 2. The summed E-state index contributed by atoms with van der Waals surface area (Å²) >= 11 is 2.67. The van der Waals surface area contributed by atoms with Crippen LogP contribution in [0.3, 0.4) is 0 Å². The predicted molar refractivity (Wildman–Crippen MR) is 166 cm³/mol. The van der Waals surface area contributed by atoms with E-state index >= 15 is 0 Å². The molecule has 0 fully saturated rings. The molecule has 3 rings (SSSR count). The van der Waals surface area contributed by atoms with Gasteiger partial charge in [0, 0.05) is 16.4 Å². The van der Waals surface area contributed by atoms with Crippen LogP contribution in [0.5, 0.6) is 5.75 Å². The van der Waals surface area contributed by atoms with Crippen molar-refractivity contribution in [2.75, 3.05) is 0 Å². The molecule has 1 unspecified atom stereocenters. The summed E-state index contributed by atoms with van der Waals surface area (Å²) in [5.41, 5.74) is 8.43. The number of para-hydroxylation sites is 1. The molecule has 0 aromatic heterocycles. The number of nitrogens with two attached hydrogens (primary N) is 1. The quantitative estimate of drug-likeness (QED) is 0.259. The molecular weight excluding hydrogens is 512 g/mol. The van der Waals surface area contributed by atoms with E-state index in [0.717, 1.165) is 16.8 Å². The van der Waals surface area contributed by atoms with Crippen LogP contribution in [0.2, 0.25) is 0 Å². The number of hydrogen-bond donors (Lipinski definition) is 3. The van der Waals surface area contributed by atoms with Crippen molar-refractivity contribution in [2.45, 2.75) is 73.1 Å². The number of nitrogens with one attached hydrogen (secondary N) is 1. The molecular formula is C29H40N6OS2. The van der Waals surface area contributed by atoms with Gasteiger partial charge in [-0.3, -0.25) is 5.41 Å². The smallest absolute Gasteiger partial charge is 0.250 e. The van der Waals surface area contributed by atoms with Crippen LogP contribution in [-0.4, -0.2) is 31.3 Å². The maximum atomic E-state index is 10.7. The fourth-order valence-corrected chi connectivity index (χ4v) is 5.27. The Morgan fingerprint density at radius 2 is 1.58 bits per heavy atom. The zero-order valence-corrected chi connectivity index (χ0v) is 25.5. The molecule has 0 radical (unpaired) electrons. The average molecular weight is 553 g/mol. The molecule has 2 aromatic rings. The van der Waals surface area contributed by atoms with Crippen LogP contribution in [0, 0.1) is 16.2 Å². The Morgan fingerprint density at radius 1 is 0.974 bits per heavy atom. The highest BCUT2D eigenvalue weighted by Crippen LogP contribution is 2.47. The number of aliphatic imine (C=N–C) groups is 2. The molecule has 2 aromatic carbocycles. The van der Waals surface area contributed by atoms with Gasteiger partial charge in [-0.05, 0) is 40.9 Å². The van der Waals surface area contributed by atoms with E-state index in [1.807, 2.05) is 45.0 Å². The summed E-state index contributed by atoms with van der Waals surface area (Å²) in [5, 5.41) is 26.9. The van der Waals surface area contributed by atoms with E-state index in [9.17, 15) is 5.11 Å². The first-order valence-electron chi connectivity index (χ1n) is 12.6. The standard InChI is InChI=1S/C29H40N6OS2/c1-27(2,3)18-14-16-19(17-15-18)32-26(33-25(31)38-23(30)28(4,5)6)35-22(20-12-10-11-13-21(20)36)37-24(34-35)29(7,8)9/h10-17,22,30,36H,1-9H3,(H2,31,32,33). The van der Waals surface area contributed by atoms with Crippen LogP contribution in [0.4, 0.5) is 5.69 Å². The van der Waals surface area contributed by atoms with Gasteiger partial charge in [0.1, 0.15) is 16.2 Å². The molecule has 0 saturated carbocycles. The van der Waals surface area contributed by atoms with Gasteiger partial charge >= 0.3 is 0 Å². The Kier molecular flexibility index (Phi) is 8.73. The van der Waals surface area contributed by atoms with Crippen molar-refractivity contribution in [3.63, 3.8) is 0 Å². The van der Waals surface area contributed by atoms with E-state index in [1.165, 1.54) is 5.56 Å². The summed E-state index contributed by atoms with van der Waals surface area (Å²) in [5.74, 6) is 0.468. The first-order chi connectivity index (χ1) is 17.5. The fourth-order valence-electron chi connectivity index (χ4n) is 3.36. The number of hydrogen-bond acceptors (Lipinski definition) is 6. The first-order valence-corrected chi connectivity index (χ1v) is 14.3. The highest BCUT2D eigenvalue weighted by atomic mass is 32.2. The van der Waals surface area contributed by atoms with Gasteiger partial charge in [-0.25, -0.2) is 10.0 Å². The summed E-state index contributed by atoms with van der Waals surface area (Å²) < 4.78 is 0. The second-order valence-corrected chi connectivity index (χ2v) is 14.5. The van der Waals surface area contributed by atoms with Crippen molar-refractivity contribution in [1.29, 1.82) is 5.41 Å². The lowest BCUT2D eigenvalue weighted by molar-refractivity contribution is 0.406. The lowest BCUT2D eigenvalue weighted by Gasteiger charge is -2.23. The van der Waals surface area contributed by atoms with Crippen LogP contribution in [0.25, 0.3) is 0 Å². The molecule has 4 N–H and O–H groups in total. The molecule has 0 saturated heterocycles. The number of nitrogens with zero attached hydrogens (tertiary/aromatic N) is 4. The molecule has 1 heterocycles. The van der Waals surface area contributed by atoms with Crippen molar-refractivity contribution >= 4 is 50.4 Å².